The first-order valence-electron chi connectivity index (χ1n) is 5.19. The molecule has 0 bridgehead atoms. The molecule has 3 N–H and O–H groups in total. The van der Waals surface area contributed by atoms with E-state index in [-0.39, 0.29) is 17.6 Å². The smallest absolute Gasteiger partial charge is 0.257 e. The van der Waals surface area contributed by atoms with Crippen molar-refractivity contribution in [2.45, 2.75) is 25.3 Å². The zero-order valence-electron chi connectivity index (χ0n) is 9.04. The first kappa shape index (κ1) is 10.9. The molecule has 1 aromatic heterocycles. The molecule has 0 aliphatic heterocycles. The highest BCUT2D eigenvalue weighted by atomic mass is 16.3. The van der Waals surface area contributed by atoms with Gasteiger partial charge < -0.3 is 15.4 Å². The van der Waals surface area contributed by atoms with E-state index in [0.29, 0.717) is 5.69 Å². The number of carbonyl (C=O) groups is 1. The summed E-state index contributed by atoms with van der Waals surface area (Å²) in [6.45, 7) is 1.67. The third-order valence-corrected chi connectivity index (χ3v) is 2.84. The van der Waals surface area contributed by atoms with Crippen LogP contribution < -0.4 is 10.7 Å². The van der Waals surface area contributed by atoms with Crippen LogP contribution in [0, 0.1) is 6.92 Å². The Labute approximate surface area is 92.5 Å². The number of aliphatic hydroxyl groups excluding tert-OH is 1. The van der Waals surface area contributed by atoms with E-state index in [1.165, 1.54) is 12.3 Å². The van der Waals surface area contributed by atoms with Gasteiger partial charge in [0.15, 0.2) is 5.43 Å². The number of nitrogens with one attached hydrogen (secondary N) is 2. The van der Waals surface area contributed by atoms with Crippen LogP contribution in [0.15, 0.2) is 17.1 Å². The molecule has 1 amide bonds. The van der Waals surface area contributed by atoms with Gasteiger partial charge in [-0.2, -0.15) is 0 Å². The number of carbonyl (C=O) groups excluding carboxylic acids is 1. The van der Waals surface area contributed by atoms with Crippen molar-refractivity contribution in [2.24, 2.45) is 0 Å². The lowest BCUT2D eigenvalue weighted by Crippen LogP contribution is -2.41. The maximum absolute atomic E-state index is 11.7. The van der Waals surface area contributed by atoms with Gasteiger partial charge in [0.05, 0.1) is 12.1 Å². The summed E-state index contributed by atoms with van der Waals surface area (Å²) in [6.07, 6.45) is 2.93. The molecule has 0 saturated heterocycles. The topological polar surface area (TPSA) is 82.2 Å². The number of aliphatic hydroxyl groups is 1. The standard InChI is InChI=1S/C11H14N2O3/c1-7-4-9(15)8(5-12-7)10(16)13-11(6-14)2-3-11/h4-5,14H,2-3,6H2,1H3,(H,12,15)(H,13,16). The van der Waals surface area contributed by atoms with E-state index in [1.807, 2.05) is 0 Å². The van der Waals surface area contributed by atoms with Gasteiger partial charge in [-0.25, -0.2) is 0 Å². The van der Waals surface area contributed by atoms with Crippen molar-refractivity contribution in [3.05, 3.63) is 33.7 Å². The first-order valence-corrected chi connectivity index (χ1v) is 5.19. The predicted octanol–water partition coefficient (Wildman–Crippen LogP) is -0.0620. The normalized spacial score (nSPS) is 16.9. The molecule has 1 fully saturated rings. The fourth-order valence-corrected chi connectivity index (χ4v) is 1.53. The monoisotopic (exact) mass is 222 g/mol. The summed E-state index contributed by atoms with van der Waals surface area (Å²) in [4.78, 5) is 26.1. The number of amides is 1. The van der Waals surface area contributed by atoms with Crippen LogP contribution in [0.4, 0.5) is 0 Å². The molecule has 2 rings (SSSR count). The molecular weight excluding hydrogens is 208 g/mol. The molecular formula is C11H14N2O3. The second-order valence-corrected chi connectivity index (χ2v) is 4.29. The third-order valence-electron chi connectivity index (χ3n) is 2.84. The Morgan fingerprint density at radius 3 is 2.81 bits per heavy atom. The zero-order chi connectivity index (χ0) is 11.8. The summed E-state index contributed by atoms with van der Waals surface area (Å²) in [5, 5.41) is 11.7. The lowest BCUT2D eigenvalue weighted by molar-refractivity contribution is 0.0905. The first-order chi connectivity index (χ1) is 7.56. The molecule has 0 aromatic carbocycles. The summed E-state index contributed by atoms with van der Waals surface area (Å²) in [5.41, 5.74) is 0.00617. The lowest BCUT2D eigenvalue weighted by Gasteiger charge is -2.13. The van der Waals surface area contributed by atoms with Gasteiger partial charge in [0.2, 0.25) is 0 Å². The van der Waals surface area contributed by atoms with E-state index in [9.17, 15) is 9.59 Å². The summed E-state index contributed by atoms with van der Waals surface area (Å²) < 4.78 is 0. The minimum Gasteiger partial charge on any atom is -0.394 e. The Hall–Kier alpha value is -1.62. The van der Waals surface area contributed by atoms with Crippen molar-refractivity contribution < 1.29 is 9.90 Å². The summed E-state index contributed by atoms with van der Waals surface area (Å²) >= 11 is 0. The fourth-order valence-electron chi connectivity index (χ4n) is 1.53. The van der Waals surface area contributed by atoms with E-state index in [1.54, 1.807) is 6.92 Å². The lowest BCUT2D eigenvalue weighted by atomic mass is 10.2. The number of aromatic nitrogens is 1. The molecule has 5 heteroatoms. The van der Waals surface area contributed by atoms with Gasteiger partial charge in [-0.1, -0.05) is 0 Å². The molecule has 16 heavy (non-hydrogen) atoms. The van der Waals surface area contributed by atoms with Gasteiger partial charge in [0, 0.05) is 18.0 Å². The number of hydrogen-bond acceptors (Lipinski definition) is 3. The predicted molar refractivity (Wildman–Crippen MR) is 58.3 cm³/mol. The van der Waals surface area contributed by atoms with Crippen molar-refractivity contribution in [3.63, 3.8) is 0 Å². The van der Waals surface area contributed by atoms with Crippen LogP contribution in [0.2, 0.25) is 0 Å². The van der Waals surface area contributed by atoms with Crippen LogP contribution in [0.3, 0.4) is 0 Å². The van der Waals surface area contributed by atoms with Crippen LogP contribution in [0.25, 0.3) is 0 Å². The molecule has 86 valence electrons. The average molecular weight is 222 g/mol. The number of pyridine rings is 1. The molecule has 0 spiro atoms. The molecule has 0 radical (unpaired) electrons. The van der Waals surface area contributed by atoms with E-state index < -0.39 is 11.4 Å². The molecule has 0 unspecified atom stereocenters. The van der Waals surface area contributed by atoms with E-state index >= 15 is 0 Å². The molecule has 1 aromatic rings. The van der Waals surface area contributed by atoms with Gasteiger partial charge in [-0.3, -0.25) is 9.59 Å². The summed E-state index contributed by atoms with van der Waals surface area (Å²) in [5.74, 6) is -0.423. The van der Waals surface area contributed by atoms with Crippen molar-refractivity contribution in [1.82, 2.24) is 10.3 Å². The Kier molecular flexibility index (Phi) is 2.55. The van der Waals surface area contributed by atoms with Crippen LogP contribution in [-0.4, -0.2) is 28.1 Å². The maximum Gasteiger partial charge on any atom is 0.257 e. The molecule has 0 atom stereocenters. The second kappa shape index (κ2) is 3.75. The third kappa shape index (κ3) is 1.99. The Bertz CT molecular complexity index is 474. The Morgan fingerprint density at radius 2 is 2.31 bits per heavy atom. The Morgan fingerprint density at radius 1 is 1.62 bits per heavy atom. The highest BCUT2D eigenvalue weighted by molar-refractivity contribution is 5.94. The van der Waals surface area contributed by atoms with Crippen molar-refractivity contribution in [2.75, 3.05) is 6.61 Å². The summed E-state index contributed by atoms with van der Waals surface area (Å²) in [7, 11) is 0. The average Bonchev–Trinajstić information content (AvgIpc) is 2.98. The van der Waals surface area contributed by atoms with E-state index in [0.717, 1.165) is 12.8 Å². The van der Waals surface area contributed by atoms with Gasteiger partial charge in [0.1, 0.15) is 5.56 Å². The number of rotatable bonds is 3. The number of hydrogen-bond donors (Lipinski definition) is 3. The number of H-pyrrole nitrogens is 1. The SMILES string of the molecule is Cc1cc(=O)c(C(=O)NC2(CO)CC2)c[nH]1. The van der Waals surface area contributed by atoms with Crippen molar-refractivity contribution in [3.8, 4) is 0 Å². The van der Waals surface area contributed by atoms with Crippen LogP contribution in [-0.2, 0) is 0 Å². The largest absolute Gasteiger partial charge is 0.394 e. The van der Waals surface area contributed by atoms with Gasteiger partial charge in [-0.15, -0.1) is 0 Å². The van der Waals surface area contributed by atoms with Crippen LogP contribution in [0.5, 0.6) is 0 Å². The van der Waals surface area contributed by atoms with Gasteiger partial charge in [-0.05, 0) is 19.8 Å². The molecule has 1 saturated carbocycles. The quantitative estimate of drug-likeness (QED) is 0.670. The molecule has 1 heterocycles. The van der Waals surface area contributed by atoms with Gasteiger partial charge in [0.25, 0.3) is 5.91 Å². The second-order valence-electron chi connectivity index (χ2n) is 4.29. The van der Waals surface area contributed by atoms with Crippen LogP contribution >= 0.6 is 0 Å². The minimum atomic E-state index is -0.492. The number of aryl methyl sites for hydroxylation is 1. The molecule has 5 nitrogen and oxygen atoms in total. The van der Waals surface area contributed by atoms with Gasteiger partial charge >= 0.3 is 0 Å². The minimum absolute atomic E-state index is 0.0808. The highest BCUT2D eigenvalue weighted by Gasteiger charge is 2.43. The van der Waals surface area contributed by atoms with Crippen molar-refractivity contribution >= 4 is 5.91 Å². The molecule has 1 aliphatic carbocycles. The molecule has 1 aliphatic rings. The zero-order valence-corrected chi connectivity index (χ0v) is 9.04. The van der Waals surface area contributed by atoms with E-state index in [2.05, 4.69) is 10.3 Å². The van der Waals surface area contributed by atoms with Crippen molar-refractivity contribution in [1.29, 1.82) is 0 Å². The fraction of sp³-hybridized carbons (Fsp3) is 0.455. The summed E-state index contributed by atoms with van der Waals surface area (Å²) in [6, 6.07) is 1.38. The highest BCUT2D eigenvalue weighted by Crippen LogP contribution is 2.34. The maximum atomic E-state index is 11.7. The van der Waals surface area contributed by atoms with Crippen LogP contribution in [0.1, 0.15) is 28.9 Å². The van der Waals surface area contributed by atoms with E-state index in [4.69, 9.17) is 5.11 Å². The number of aromatic amines is 1. The Balaban J connectivity index is 2.18.